The molecule has 0 aliphatic carbocycles. The average molecular weight is 202 g/mol. The van der Waals surface area contributed by atoms with Crippen LogP contribution >= 0.6 is 0 Å². The maximum Gasteiger partial charge on any atom is 0.0568 e. The Morgan fingerprint density at radius 1 is 1.43 bits per heavy atom. The van der Waals surface area contributed by atoms with Crippen molar-refractivity contribution in [1.82, 2.24) is 5.32 Å². The summed E-state index contributed by atoms with van der Waals surface area (Å²) in [6, 6.07) is 0. The average Bonchev–Trinajstić information content (AvgIpc) is 2.13. The van der Waals surface area contributed by atoms with Gasteiger partial charge in [0.15, 0.2) is 0 Å². The van der Waals surface area contributed by atoms with Crippen LogP contribution in [0.25, 0.3) is 0 Å². The van der Waals surface area contributed by atoms with Crippen molar-refractivity contribution in [2.24, 2.45) is 5.73 Å². The minimum Gasteiger partial charge on any atom is -0.395 e. The minimum atomic E-state index is -0.0419. The Balaban J connectivity index is 2.57. The summed E-state index contributed by atoms with van der Waals surface area (Å²) >= 11 is 0. The van der Waals surface area contributed by atoms with Crippen LogP contribution in [0.1, 0.15) is 26.7 Å². The molecule has 1 saturated heterocycles. The van der Waals surface area contributed by atoms with Crippen LogP contribution in [0, 0.1) is 0 Å². The first-order valence-corrected chi connectivity index (χ1v) is 5.33. The van der Waals surface area contributed by atoms with E-state index in [0.717, 1.165) is 12.8 Å². The zero-order chi connectivity index (χ0) is 10.6. The van der Waals surface area contributed by atoms with E-state index < -0.39 is 0 Å². The van der Waals surface area contributed by atoms with Crippen molar-refractivity contribution in [3.05, 3.63) is 0 Å². The van der Waals surface area contributed by atoms with E-state index in [9.17, 15) is 0 Å². The second-order valence-corrected chi connectivity index (χ2v) is 4.30. The van der Waals surface area contributed by atoms with Gasteiger partial charge in [0.25, 0.3) is 0 Å². The van der Waals surface area contributed by atoms with Gasteiger partial charge in [0, 0.05) is 18.6 Å². The highest BCUT2D eigenvalue weighted by atomic mass is 16.5. The predicted molar refractivity (Wildman–Crippen MR) is 56.1 cm³/mol. The van der Waals surface area contributed by atoms with E-state index in [-0.39, 0.29) is 24.4 Å². The molecule has 2 atom stereocenters. The van der Waals surface area contributed by atoms with Crippen molar-refractivity contribution in [3.63, 3.8) is 0 Å². The van der Waals surface area contributed by atoms with Crippen LogP contribution in [0.2, 0.25) is 0 Å². The van der Waals surface area contributed by atoms with Crippen LogP contribution in [-0.2, 0) is 4.74 Å². The molecule has 1 rings (SSSR count). The van der Waals surface area contributed by atoms with Crippen LogP contribution in [0.3, 0.4) is 0 Å². The molecule has 84 valence electrons. The van der Waals surface area contributed by atoms with E-state index in [1.54, 1.807) is 0 Å². The number of aliphatic hydroxyl groups excluding tert-OH is 1. The summed E-state index contributed by atoms with van der Waals surface area (Å²) in [6.45, 7) is 5.51. The number of ether oxygens (including phenoxy) is 1. The van der Waals surface area contributed by atoms with E-state index in [1.165, 1.54) is 0 Å². The molecule has 0 amide bonds. The fourth-order valence-electron chi connectivity index (χ4n) is 2.38. The van der Waals surface area contributed by atoms with Crippen molar-refractivity contribution >= 4 is 0 Å². The van der Waals surface area contributed by atoms with E-state index in [0.29, 0.717) is 13.1 Å². The Labute approximate surface area is 85.8 Å². The summed E-state index contributed by atoms with van der Waals surface area (Å²) < 4.78 is 5.67. The number of aliphatic hydroxyl groups is 1. The van der Waals surface area contributed by atoms with Crippen LogP contribution in [-0.4, -0.2) is 42.5 Å². The highest BCUT2D eigenvalue weighted by Gasteiger charge is 2.36. The van der Waals surface area contributed by atoms with Gasteiger partial charge in [-0.25, -0.2) is 0 Å². The normalized spacial score (nSPS) is 38.6. The molecular weight excluding hydrogens is 180 g/mol. The number of hydrogen-bond acceptors (Lipinski definition) is 4. The molecule has 14 heavy (non-hydrogen) atoms. The second-order valence-electron chi connectivity index (χ2n) is 4.30. The minimum absolute atomic E-state index is 0.0419. The van der Waals surface area contributed by atoms with Crippen LogP contribution in [0.4, 0.5) is 0 Å². The van der Waals surface area contributed by atoms with Gasteiger partial charge in [0.05, 0.1) is 18.8 Å². The molecule has 0 aromatic rings. The standard InChI is InChI=1S/C10H22N2O2/c1-8-5-10(7-11,12-3-4-13)6-9(2)14-8/h8-9,12-13H,3-7,11H2,1-2H3. The second kappa shape index (κ2) is 5.07. The van der Waals surface area contributed by atoms with Gasteiger partial charge in [-0.1, -0.05) is 0 Å². The third-order valence-corrected chi connectivity index (χ3v) is 2.82. The molecule has 0 bridgehead atoms. The smallest absolute Gasteiger partial charge is 0.0568 e. The van der Waals surface area contributed by atoms with Gasteiger partial charge in [-0.2, -0.15) is 0 Å². The molecule has 0 aromatic heterocycles. The fraction of sp³-hybridized carbons (Fsp3) is 1.00. The number of hydrogen-bond donors (Lipinski definition) is 3. The van der Waals surface area contributed by atoms with E-state index in [1.807, 2.05) is 0 Å². The number of rotatable bonds is 4. The predicted octanol–water partition coefficient (Wildman–Crippen LogP) is -0.147. The molecule has 1 heterocycles. The Morgan fingerprint density at radius 3 is 2.43 bits per heavy atom. The number of β-amino-alcohol motifs (C(OH)–C–C–N with tert-alkyl or cyclic N) is 1. The Morgan fingerprint density at radius 2 is 2.00 bits per heavy atom. The molecule has 4 N–H and O–H groups in total. The SMILES string of the molecule is CC1CC(CN)(NCCO)CC(C)O1. The van der Waals surface area contributed by atoms with Crippen molar-refractivity contribution in [1.29, 1.82) is 0 Å². The van der Waals surface area contributed by atoms with Crippen LogP contribution in [0.5, 0.6) is 0 Å². The summed E-state index contributed by atoms with van der Waals surface area (Å²) in [6.07, 6.45) is 2.34. The van der Waals surface area contributed by atoms with Gasteiger partial charge in [-0.15, -0.1) is 0 Å². The van der Waals surface area contributed by atoms with Crippen molar-refractivity contribution in [2.45, 2.75) is 44.4 Å². The summed E-state index contributed by atoms with van der Waals surface area (Å²) in [4.78, 5) is 0. The highest BCUT2D eigenvalue weighted by molar-refractivity contribution is 4.95. The molecule has 0 radical (unpaired) electrons. The van der Waals surface area contributed by atoms with Gasteiger partial charge in [-0.3, -0.25) is 0 Å². The fourth-order valence-corrected chi connectivity index (χ4v) is 2.38. The number of nitrogens with one attached hydrogen (secondary N) is 1. The summed E-state index contributed by atoms with van der Waals surface area (Å²) in [5, 5.41) is 12.1. The topological polar surface area (TPSA) is 67.5 Å². The van der Waals surface area contributed by atoms with Gasteiger partial charge in [-0.05, 0) is 26.7 Å². The van der Waals surface area contributed by atoms with Crippen molar-refractivity contribution in [2.75, 3.05) is 19.7 Å². The Hall–Kier alpha value is -0.160. The molecule has 2 unspecified atom stereocenters. The van der Waals surface area contributed by atoms with Gasteiger partial charge < -0.3 is 20.9 Å². The molecule has 0 spiro atoms. The van der Waals surface area contributed by atoms with Gasteiger partial charge >= 0.3 is 0 Å². The lowest BCUT2D eigenvalue weighted by atomic mass is 9.84. The lowest BCUT2D eigenvalue weighted by molar-refractivity contribution is -0.0675. The molecule has 0 saturated carbocycles. The van der Waals surface area contributed by atoms with Gasteiger partial charge in [0.2, 0.25) is 0 Å². The lowest BCUT2D eigenvalue weighted by Gasteiger charge is -2.43. The Bertz CT molecular complexity index is 166. The first-order valence-electron chi connectivity index (χ1n) is 5.33. The van der Waals surface area contributed by atoms with Crippen molar-refractivity contribution < 1.29 is 9.84 Å². The van der Waals surface area contributed by atoms with Crippen LogP contribution < -0.4 is 11.1 Å². The first-order chi connectivity index (χ1) is 6.62. The molecule has 1 fully saturated rings. The molecule has 1 aliphatic heterocycles. The molecule has 0 aromatic carbocycles. The Kier molecular flexibility index (Phi) is 4.31. The highest BCUT2D eigenvalue weighted by Crippen LogP contribution is 2.27. The maximum absolute atomic E-state index is 8.80. The molecular formula is C10H22N2O2. The molecule has 1 aliphatic rings. The summed E-state index contributed by atoms with van der Waals surface area (Å²) in [5.74, 6) is 0. The first kappa shape index (κ1) is 11.9. The zero-order valence-corrected chi connectivity index (χ0v) is 9.12. The summed E-state index contributed by atoms with van der Waals surface area (Å²) in [7, 11) is 0. The van der Waals surface area contributed by atoms with E-state index in [2.05, 4.69) is 19.2 Å². The third kappa shape index (κ3) is 2.92. The van der Waals surface area contributed by atoms with Crippen LogP contribution in [0.15, 0.2) is 0 Å². The zero-order valence-electron chi connectivity index (χ0n) is 9.12. The summed E-state index contributed by atoms with van der Waals surface area (Å²) in [5.41, 5.74) is 5.76. The monoisotopic (exact) mass is 202 g/mol. The van der Waals surface area contributed by atoms with Crippen molar-refractivity contribution in [3.8, 4) is 0 Å². The van der Waals surface area contributed by atoms with E-state index in [4.69, 9.17) is 15.6 Å². The largest absolute Gasteiger partial charge is 0.395 e. The quantitative estimate of drug-likeness (QED) is 0.593. The van der Waals surface area contributed by atoms with Gasteiger partial charge in [0.1, 0.15) is 0 Å². The molecule has 4 heteroatoms. The third-order valence-electron chi connectivity index (χ3n) is 2.82. The van der Waals surface area contributed by atoms with E-state index >= 15 is 0 Å². The number of nitrogens with two attached hydrogens (primary N) is 1. The molecule has 4 nitrogen and oxygen atoms in total. The maximum atomic E-state index is 8.80. The lowest BCUT2D eigenvalue weighted by Crippen LogP contribution is -2.58.